The van der Waals surface area contributed by atoms with Gasteiger partial charge in [0.05, 0.1) is 13.7 Å². The smallest absolute Gasteiger partial charge is 0.306 e. The van der Waals surface area contributed by atoms with E-state index in [9.17, 15) is 9.59 Å². The lowest BCUT2D eigenvalue weighted by Crippen LogP contribution is -2.38. The minimum Gasteiger partial charge on any atom is -0.497 e. The van der Waals surface area contributed by atoms with E-state index < -0.39 is 5.41 Å². The Labute approximate surface area is 253 Å². The van der Waals surface area contributed by atoms with Crippen molar-refractivity contribution in [3.05, 3.63) is 137 Å². The highest BCUT2D eigenvalue weighted by Gasteiger charge is 2.38. The summed E-state index contributed by atoms with van der Waals surface area (Å²) in [5.74, 6) is 0.609. The van der Waals surface area contributed by atoms with Crippen LogP contribution >= 0.6 is 0 Å². The van der Waals surface area contributed by atoms with E-state index in [1.165, 1.54) is 38.6 Å². The predicted molar refractivity (Wildman–Crippen MR) is 170 cm³/mol. The minimum absolute atomic E-state index is 0.0321. The van der Waals surface area contributed by atoms with Gasteiger partial charge in [-0.1, -0.05) is 78.4 Å². The van der Waals surface area contributed by atoms with Crippen LogP contribution in [0.3, 0.4) is 0 Å². The Kier molecular flexibility index (Phi) is 8.15. The zero-order valence-corrected chi connectivity index (χ0v) is 24.8. The number of ether oxygens (including phenoxy) is 2. The quantitative estimate of drug-likeness (QED) is 0.205. The molecule has 1 amide bonds. The Bertz CT molecular complexity index is 1720. The molecule has 0 saturated carbocycles. The lowest BCUT2D eigenvalue weighted by atomic mass is 9.65. The summed E-state index contributed by atoms with van der Waals surface area (Å²) >= 11 is 0. The van der Waals surface area contributed by atoms with Gasteiger partial charge in [-0.15, -0.1) is 0 Å². The number of benzene rings is 4. The van der Waals surface area contributed by atoms with Crippen molar-refractivity contribution in [2.75, 3.05) is 20.3 Å². The molecule has 218 valence electrons. The molecule has 1 aliphatic carbocycles. The fourth-order valence-corrected chi connectivity index (χ4v) is 6.61. The average Bonchev–Trinajstić information content (AvgIpc) is 3.06. The first-order valence-electron chi connectivity index (χ1n) is 15.1. The number of amides is 1. The number of allylic oxidation sites excluding steroid dienone is 4. The molecule has 0 bridgehead atoms. The molecule has 6 rings (SSSR count). The standard InChI is InChI=1S/C38H37NO4/c1-3-43-36(40)20-13-27-8-7-22-38(25-27,32-17-14-28-9-4-5-10-30(28)24-32)35-12-6-11-31-26-39(23-21-34(31)35)37(41)29-15-18-33(42-2)19-16-29/h4-12,14-19,22,24H,3,13,20-21,23,25-26H2,1-2H3. The molecule has 1 atom stereocenters. The van der Waals surface area contributed by atoms with Crippen LogP contribution in [-0.4, -0.2) is 37.0 Å². The molecule has 0 N–H and O–H groups in total. The van der Waals surface area contributed by atoms with Gasteiger partial charge < -0.3 is 14.4 Å². The number of hydrogen-bond donors (Lipinski definition) is 0. The van der Waals surface area contributed by atoms with E-state index in [1.54, 1.807) is 7.11 Å². The van der Waals surface area contributed by atoms with Crippen molar-refractivity contribution in [3.8, 4) is 5.75 Å². The first-order valence-corrected chi connectivity index (χ1v) is 15.1. The second-order valence-corrected chi connectivity index (χ2v) is 11.3. The third kappa shape index (κ3) is 5.72. The Morgan fingerprint density at radius 3 is 2.53 bits per heavy atom. The highest BCUT2D eigenvalue weighted by atomic mass is 16.5. The monoisotopic (exact) mass is 571 g/mol. The van der Waals surface area contributed by atoms with Crippen LogP contribution in [0, 0.1) is 0 Å². The molecule has 2 aliphatic rings. The molecule has 43 heavy (non-hydrogen) atoms. The van der Waals surface area contributed by atoms with E-state index >= 15 is 0 Å². The molecule has 0 spiro atoms. The summed E-state index contributed by atoms with van der Waals surface area (Å²) in [6.45, 7) is 3.46. The number of carbonyl (C=O) groups is 2. The van der Waals surface area contributed by atoms with Gasteiger partial charge in [-0.05, 0) is 89.5 Å². The molecular weight excluding hydrogens is 534 g/mol. The number of carbonyl (C=O) groups excluding carboxylic acids is 2. The van der Waals surface area contributed by atoms with Gasteiger partial charge >= 0.3 is 5.97 Å². The largest absolute Gasteiger partial charge is 0.497 e. The minimum atomic E-state index is -0.393. The molecule has 1 aliphatic heterocycles. The first-order chi connectivity index (χ1) is 21.0. The van der Waals surface area contributed by atoms with Crippen LogP contribution in [0.1, 0.15) is 58.8 Å². The summed E-state index contributed by atoms with van der Waals surface area (Å²) in [6, 6.07) is 29.1. The number of fused-ring (bicyclic) bond motifs is 2. The number of rotatable bonds is 8. The summed E-state index contributed by atoms with van der Waals surface area (Å²) < 4.78 is 10.5. The van der Waals surface area contributed by atoms with E-state index in [4.69, 9.17) is 9.47 Å². The molecule has 1 unspecified atom stereocenters. The number of nitrogens with zero attached hydrogens (tertiary/aromatic N) is 1. The third-order valence-corrected chi connectivity index (χ3v) is 8.81. The Morgan fingerprint density at radius 2 is 1.74 bits per heavy atom. The SMILES string of the molecule is CCOC(=O)CCC1=CC=CC(c2ccc3ccccc3c2)(c2cccc3c2CCN(C(=O)c2ccc(OC)cc2)C3)C1. The van der Waals surface area contributed by atoms with Crippen LogP contribution in [0.25, 0.3) is 10.8 Å². The van der Waals surface area contributed by atoms with Gasteiger partial charge in [0.15, 0.2) is 0 Å². The summed E-state index contributed by atoms with van der Waals surface area (Å²) in [6.07, 6.45) is 9.23. The first kappa shape index (κ1) is 28.5. The highest BCUT2D eigenvalue weighted by molar-refractivity contribution is 5.94. The summed E-state index contributed by atoms with van der Waals surface area (Å²) in [7, 11) is 1.63. The fourth-order valence-electron chi connectivity index (χ4n) is 6.61. The summed E-state index contributed by atoms with van der Waals surface area (Å²) in [5.41, 5.74) is 6.50. The molecule has 0 fully saturated rings. The van der Waals surface area contributed by atoms with Crippen molar-refractivity contribution < 1.29 is 19.1 Å². The van der Waals surface area contributed by atoms with Crippen LogP contribution in [0.5, 0.6) is 5.75 Å². The van der Waals surface area contributed by atoms with Crippen molar-refractivity contribution >= 4 is 22.6 Å². The van der Waals surface area contributed by atoms with Crippen LogP contribution < -0.4 is 4.74 Å². The fraction of sp³-hybridized carbons (Fsp3) is 0.263. The maximum Gasteiger partial charge on any atom is 0.306 e. The number of methoxy groups -OCH3 is 1. The van der Waals surface area contributed by atoms with Gasteiger partial charge in [-0.3, -0.25) is 9.59 Å². The van der Waals surface area contributed by atoms with Gasteiger partial charge in [0.25, 0.3) is 5.91 Å². The molecule has 4 aromatic carbocycles. The third-order valence-electron chi connectivity index (χ3n) is 8.81. The van der Waals surface area contributed by atoms with Crippen LogP contribution in [-0.2, 0) is 27.9 Å². The average molecular weight is 572 g/mol. The van der Waals surface area contributed by atoms with E-state index in [-0.39, 0.29) is 11.9 Å². The van der Waals surface area contributed by atoms with Gasteiger partial charge in [0.2, 0.25) is 0 Å². The summed E-state index contributed by atoms with van der Waals surface area (Å²) in [5, 5.41) is 2.42. The Balaban J connectivity index is 1.36. The number of hydrogen-bond acceptors (Lipinski definition) is 4. The van der Waals surface area contributed by atoms with E-state index in [0.29, 0.717) is 38.1 Å². The van der Waals surface area contributed by atoms with Gasteiger partial charge in [-0.2, -0.15) is 0 Å². The maximum atomic E-state index is 13.4. The number of esters is 1. The lowest BCUT2D eigenvalue weighted by Gasteiger charge is -2.39. The molecule has 4 aromatic rings. The highest BCUT2D eigenvalue weighted by Crippen LogP contribution is 2.46. The zero-order valence-electron chi connectivity index (χ0n) is 24.8. The molecule has 0 saturated heterocycles. The van der Waals surface area contributed by atoms with Crippen molar-refractivity contribution in [2.45, 2.75) is 44.6 Å². The van der Waals surface area contributed by atoms with Gasteiger partial charge in [0.1, 0.15) is 5.75 Å². The van der Waals surface area contributed by atoms with Crippen molar-refractivity contribution in [1.82, 2.24) is 4.90 Å². The molecular formula is C38H37NO4. The van der Waals surface area contributed by atoms with Crippen molar-refractivity contribution in [3.63, 3.8) is 0 Å². The molecule has 0 aromatic heterocycles. The molecule has 1 heterocycles. The van der Waals surface area contributed by atoms with Gasteiger partial charge in [0, 0.05) is 30.5 Å². The second-order valence-electron chi connectivity index (χ2n) is 11.3. The van der Waals surface area contributed by atoms with E-state index in [2.05, 4.69) is 78.9 Å². The predicted octanol–water partition coefficient (Wildman–Crippen LogP) is 7.56. The second kappa shape index (κ2) is 12.3. The van der Waals surface area contributed by atoms with Gasteiger partial charge in [-0.25, -0.2) is 0 Å². The van der Waals surface area contributed by atoms with E-state index in [1.807, 2.05) is 36.1 Å². The normalized spacial score (nSPS) is 17.7. The van der Waals surface area contributed by atoms with Crippen LogP contribution in [0.15, 0.2) is 109 Å². The molecule has 5 nitrogen and oxygen atoms in total. The van der Waals surface area contributed by atoms with Crippen molar-refractivity contribution in [2.24, 2.45) is 0 Å². The van der Waals surface area contributed by atoms with E-state index in [0.717, 1.165) is 18.6 Å². The summed E-state index contributed by atoms with van der Waals surface area (Å²) in [4.78, 5) is 27.6. The van der Waals surface area contributed by atoms with Crippen LogP contribution in [0.2, 0.25) is 0 Å². The lowest BCUT2D eigenvalue weighted by molar-refractivity contribution is -0.143. The topological polar surface area (TPSA) is 55.8 Å². The van der Waals surface area contributed by atoms with Crippen LogP contribution in [0.4, 0.5) is 0 Å². The zero-order chi connectivity index (χ0) is 29.8. The molecule has 5 heteroatoms. The Morgan fingerprint density at radius 1 is 0.930 bits per heavy atom. The molecule has 0 radical (unpaired) electrons. The maximum absolute atomic E-state index is 13.4. The Hall–Kier alpha value is -4.64. The van der Waals surface area contributed by atoms with Crippen molar-refractivity contribution in [1.29, 1.82) is 0 Å².